The molecule has 0 aromatic carbocycles. The molecule has 2 aromatic heterocycles. The largest absolute Gasteiger partial charge is 0.369 e. The lowest BCUT2D eigenvalue weighted by Gasteiger charge is -2.32. The number of nitrogens with two attached hydrogens (primary N) is 1. The summed E-state index contributed by atoms with van der Waals surface area (Å²) in [6.07, 6.45) is 5.09. The standard InChI is InChI=1S/C18H23N5O3/c1-22(18(25)14-3-2-8-23(10-14)12-17(19)24)11-15-9-16(21-26-15)13-4-6-20-7-5-13/h4-7,9,14H,2-3,8,10-12H2,1H3,(H2,19,24). The number of primary amides is 1. The van der Waals surface area contributed by atoms with Crippen molar-refractivity contribution in [1.82, 2.24) is 19.9 Å². The smallest absolute Gasteiger partial charge is 0.231 e. The first-order chi connectivity index (χ1) is 12.5. The number of aromatic nitrogens is 2. The third-order valence-electron chi connectivity index (χ3n) is 4.54. The van der Waals surface area contributed by atoms with Crippen LogP contribution in [0.3, 0.4) is 0 Å². The van der Waals surface area contributed by atoms with Crippen LogP contribution in [0.5, 0.6) is 0 Å². The number of amides is 2. The third-order valence-corrected chi connectivity index (χ3v) is 4.54. The fourth-order valence-corrected chi connectivity index (χ4v) is 3.29. The lowest BCUT2D eigenvalue weighted by molar-refractivity contribution is -0.137. The van der Waals surface area contributed by atoms with E-state index in [2.05, 4.69) is 10.1 Å². The highest BCUT2D eigenvalue weighted by molar-refractivity contribution is 5.79. The summed E-state index contributed by atoms with van der Waals surface area (Å²) in [7, 11) is 1.75. The van der Waals surface area contributed by atoms with E-state index in [9.17, 15) is 9.59 Å². The van der Waals surface area contributed by atoms with E-state index in [1.165, 1.54) is 0 Å². The molecule has 8 nitrogen and oxygen atoms in total. The molecule has 1 fully saturated rings. The Kier molecular flexibility index (Phi) is 5.62. The number of pyridine rings is 1. The van der Waals surface area contributed by atoms with Crippen LogP contribution in [-0.4, -0.2) is 58.4 Å². The van der Waals surface area contributed by atoms with Crippen molar-refractivity contribution in [2.75, 3.05) is 26.7 Å². The molecule has 138 valence electrons. The zero-order valence-electron chi connectivity index (χ0n) is 14.8. The van der Waals surface area contributed by atoms with Crippen molar-refractivity contribution in [3.63, 3.8) is 0 Å². The molecule has 1 unspecified atom stereocenters. The summed E-state index contributed by atoms with van der Waals surface area (Å²) < 4.78 is 5.37. The molecule has 0 aliphatic carbocycles. The minimum absolute atomic E-state index is 0.0426. The van der Waals surface area contributed by atoms with Crippen molar-refractivity contribution < 1.29 is 14.1 Å². The van der Waals surface area contributed by atoms with E-state index in [-0.39, 0.29) is 24.3 Å². The minimum Gasteiger partial charge on any atom is -0.369 e. The second-order valence-electron chi connectivity index (χ2n) is 6.65. The fraction of sp³-hybridized carbons (Fsp3) is 0.444. The van der Waals surface area contributed by atoms with Gasteiger partial charge in [-0.2, -0.15) is 0 Å². The fourth-order valence-electron chi connectivity index (χ4n) is 3.29. The van der Waals surface area contributed by atoms with Gasteiger partial charge in [0, 0.05) is 37.6 Å². The first kappa shape index (κ1) is 18.1. The molecule has 1 saturated heterocycles. The predicted octanol–water partition coefficient (Wildman–Crippen LogP) is 0.892. The monoisotopic (exact) mass is 357 g/mol. The van der Waals surface area contributed by atoms with Crippen molar-refractivity contribution in [3.8, 4) is 11.3 Å². The van der Waals surface area contributed by atoms with Crippen LogP contribution in [0.15, 0.2) is 35.1 Å². The van der Waals surface area contributed by atoms with Gasteiger partial charge in [0.15, 0.2) is 5.76 Å². The summed E-state index contributed by atoms with van der Waals surface area (Å²) in [5.74, 6) is 0.172. The van der Waals surface area contributed by atoms with Crippen molar-refractivity contribution in [2.45, 2.75) is 19.4 Å². The molecule has 8 heteroatoms. The first-order valence-electron chi connectivity index (χ1n) is 8.64. The Labute approximate surface area is 151 Å². The van der Waals surface area contributed by atoms with Crippen molar-refractivity contribution in [1.29, 1.82) is 0 Å². The Hall–Kier alpha value is -2.74. The molecule has 3 heterocycles. The van der Waals surface area contributed by atoms with Crippen LogP contribution in [0.2, 0.25) is 0 Å². The maximum Gasteiger partial charge on any atom is 0.231 e. The molecule has 0 radical (unpaired) electrons. The Balaban J connectivity index is 1.59. The SMILES string of the molecule is CN(Cc1cc(-c2ccncc2)no1)C(=O)C1CCCN(CC(N)=O)C1. The van der Waals surface area contributed by atoms with E-state index >= 15 is 0 Å². The van der Waals surface area contributed by atoms with E-state index in [0.717, 1.165) is 24.9 Å². The Morgan fingerprint density at radius 1 is 1.38 bits per heavy atom. The minimum atomic E-state index is -0.364. The number of rotatable bonds is 6. The molecular formula is C18H23N5O3. The number of carbonyl (C=O) groups excluding carboxylic acids is 2. The van der Waals surface area contributed by atoms with Gasteiger partial charge in [-0.3, -0.25) is 19.5 Å². The quantitative estimate of drug-likeness (QED) is 0.823. The predicted molar refractivity (Wildman–Crippen MR) is 94.6 cm³/mol. The number of hydrogen-bond acceptors (Lipinski definition) is 6. The molecule has 1 atom stereocenters. The topological polar surface area (TPSA) is 106 Å². The van der Waals surface area contributed by atoms with Gasteiger partial charge in [-0.1, -0.05) is 5.16 Å². The summed E-state index contributed by atoms with van der Waals surface area (Å²) in [5, 5.41) is 4.06. The molecule has 2 aromatic rings. The summed E-state index contributed by atoms with van der Waals surface area (Å²) >= 11 is 0. The first-order valence-corrected chi connectivity index (χ1v) is 8.64. The number of nitrogens with zero attached hydrogens (tertiary/aromatic N) is 4. The van der Waals surface area contributed by atoms with Gasteiger partial charge in [-0.25, -0.2) is 0 Å². The second kappa shape index (κ2) is 8.09. The van der Waals surface area contributed by atoms with Crippen LogP contribution in [0.1, 0.15) is 18.6 Å². The van der Waals surface area contributed by atoms with Crippen molar-refractivity contribution in [3.05, 3.63) is 36.4 Å². The molecule has 2 N–H and O–H groups in total. The molecule has 26 heavy (non-hydrogen) atoms. The van der Waals surface area contributed by atoms with E-state index in [0.29, 0.717) is 24.5 Å². The normalized spacial score (nSPS) is 17.8. The van der Waals surface area contributed by atoms with E-state index in [1.807, 2.05) is 23.1 Å². The molecule has 0 saturated carbocycles. The molecule has 3 rings (SSSR count). The number of likely N-dealkylation sites (tertiary alicyclic amines) is 1. The summed E-state index contributed by atoms with van der Waals surface area (Å²) in [5.41, 5.74) is 6.89. The van der Waals surface area contributed by atoms with Crippen LogP contribution in [0.25, 0.3) is 11.3 Å². The van der Waals surface area contributed by atoms with Crippen LogP contribution in [0, 0.1) is 5.92 Å². The highest BCUT2D eigenvalue weighted by atomic mass is 16.5. The van der Waals surface area contributed by atoms with Crippen LogP contribution >= 0.6 is 0 Å². The lowest BCUT2D eigenvalue weighted by Crippen LogP contribution is -2.45. The summed E-state index contributed by atoms with van der Waals surface area (Å²) in [6.45, 7) is 1.91. The summed E-state index contributed by atoms with van der Waals surface area (Å²) in [6, 6.07) is 5.54. The molecule has 1 aliphatic heterocycles. The van der Waals surface area contributed by atoms with Gasteiger partial charge >= 0.3 is 0 Å². The molecule has 0 bridgehead atoms. The average molecular weight is 357 g/mol. The van der Waals surface area contributed by atoms with Crippen molar-refractivity contribution >= 4 is 11.8 Å². The molecule has 2 amide bonds. The van der Waals surface area contributed by atoms with E-state index in [1.54, 1.807) is 24.3 Å². The van der Waals surface area contributed by atoms with Gasteiger partial charge in [-0.15, -0.1) is 0 Å². The Morgan fingerprint density at radius 2 is 2.15 bits per heavy atom. The number of carbonyl (C=O) groups is 2. The van der Waals surface area contributed by atoms with Gasteiger partial charge < -0.3 is 15.2 Å². The van der Waals surface area contributed by atoms with Gasteiger partial charge in [-0.05, 0) is 31.5 Å². The average Bonchev–Trinajstić information content (AvgIpc) is 3.10. The van der Waals surface area contributed by atoms with Gasteiger partial charge in [0.05, 0.1) is 19.0 Å². The highest BCUT2D eigenvalue weighted by Gasteiger charge is 2.29. The number of hydrogen-bond donors (Lipinski definition) is 1. The Morgan fingerprint density at radius 3 is 2.88 bits per heavy atom. The van der Waals surface area contributed by atoms with Crippen LogP contribution < -0.4 is 5.73 Å². The van der Waals surface area contributed by atoms with Gasteiger partial charge in [0.2, 0.25) is 11.8 Å². The molecule has 1 aliphatic rings. The second-order valence-corrected chi connectivity index (χ2v) is 6.65. The van der Waals surface area contributed by atoms with E-state index < -0.39 is 0 Å². The lowest BCUT2D eigenvalue weighted by atomic mass is 9.96. The third kappa shape index (κ3) is 4.45. The zero-order chi connectivity index (χ0) is 18.5. The van der Waals surface area contributed by atoms with Gasteiger partial charge in [0.25, 0.3) is 0 Å². The van der Waals surface area contributed by atoms with Crippen LogP contribution in [-0.2, 0) is 16.1 Å². The molecule has 0 spiro atoms. The zero-order valence-corrected chi connectivity index (χ0v) is 14.8. The van der Waals surface area contributed by atoms with Crippen molar-refractivity contribution in [2.24, 2.45) is 11.7 Å². The maximum atomic E-state index is 12.7. The highest BCUT2D eigenvalue weighted by Crippen LogP contribution is 2.21. The summed E-state index contributed by atoms with van der Waals surface area (Å²) in [4.78, 5) is 31.4. The van der Waals surface area contributed by atoms with E-state index in [4.69, 9.17) is 10.3 Å². The number of piperidine rings is 1. The van der Waals surface area contributed by atoms with Gasteiger partial charge in [0.1, 0.15) is 5.69 Å². The Bertz CT molecular complexity index is 761. The van der Waals surface area contributed by atoms with Crippen LogP contribution in [0.4, 0.5) is 0 Å². The maximum absolute atomic E-state index is 12.7. The molecular weight excluding hydrogens is 334 g/mol.